The standard InChI is InChI=1S/C32H38N2O4/c1-23(33)25-7-4-8-26(18-25)28-16-24(21-38-30-9-3-2-6-27(30)20-31(35)36)17-29(19-28)34-13-11-32(12-14-34)10-5-15-37-22-32/h2-4,6-9,16-19,23H,5,10-15,20-22,33H2,1H3,(H,35,36)/t23-/m0/s1. The van der Waals surface area contributed by atoms with Crippen molar-refractivity contribution in [2.45, 2.75) is 51.7 Å². The topological polar surface area (TPSA) is 85.0 Å². The van der Waals surface area contributed by atoms with Crippen molar-refractivity contribution in [3.8, 4) is 16.9 Å². The molecule has 2 heterocycles. The predicted molar refractivity (Wildman–Crippen MR) is 151 cm³/mol. The SMILES string of the molecule is C[C@H](N)c1cccc(-c2cc(COc3ccccc3CC(=O)O)cc(N3CCC4(CCCOC4)CC3)c2)c1. The minimum Gasteiger partial charge on any atom is -0.489 e. The lowest BCUT2D eigenvalue weighted by molar-refractivity contribution is -0.136. The zero-order valence-electron chi connectivity index (χ0n) is 22.2. The molecule has 0 amide bonds. The monoisotopic (exact) mass is 514 g/mol. The van der Waals surface area contributed by atoms with Crippen molar-refractivity contribution in [3.63, 3.8) is 0 Å². The molecule has 0 aromatic heterocycles. The summed E-state index contributed by atoms with van der Waals surface area (Å²) in [6.07, 6.45) is 4.65. The Labute approximate surface area is 225 Å². The van der Waals surface area contributed by atoms with Gasteiger partial charge >= 0.3 is 5.97 Å². The van der Waals surface area contributed by atoms with E-state index in [1.165, 1.54) is 12.1 Å². The molecule has 3 aromatic rings. The lowest BCUT2D eigenvalue weighted by Crippen LogP contribution is -2.44. The quantitative estimate of drug-likeness (QED) is 0.385. The van der Waals surface area contributed by atoms with Gasteiger partial charge in [-0.15, -0.1) is 0 Å². The summed E-state index contributed by atoms with van der Waals surface area (Å²) in [5.74, 6) is -0.261. The minimum atomic E-state index is -0.870. The van der Waals surface area contributed by atoms with E-state index < -0.39 is 5.97 Å². The summed E-state index contributed by atoms with van der Waals surface area (Å²) in [6.45, 7) is 6.16. The van der Waals surface area contributed by atoms with Crippen molar-refractivity contribution in [3.05, 3.63) is 83.4 Å². The number of benzene rings is 3. The fraction of sp³-hybridized carbons (Fsp3) is 0.406. The number of aliphatic carboxylic acids is 1. The molecule has 2 aliphatic heterocycles. The molecule has 38 heavy (non-hydrogen) atoms. The molecular weight excluding hydrogens is 476 g/mol. The molecule has 3 N–H and O–H groups in total. The van der Waals surface area contributed by atoms with Crippen molar-refractivity contribution in [2.24, 2.45) is 11.1 Å². The molecule has 0 unspecified atom stereocenters. The summed E-state index contributed by atoms with van der Waals surface area (Å²) in [5, 5.41) is 9.30. The molecule has 0 radical (unpaired) electrons. The van der Waals surface area contributed by atoms with E-state index in [9.17, 15) is 9.90 Å². The highest BCUT2D eigenvalue weighted by Crippen LogP contribution is 2.40. The zero-order chi connectivity index (χ0) is 26.5. The summed E-state index contributed by atoms with van der Waals surface area (Å²) in [6, 6.07) is 22.4. The lowest BCUT2D eigenvalue weighted by Gasteiger charge is -2.44. The molecule has 0 bridgehead atoms. The van der Waals surface area contributed by atoms with Gasteiger partial charge in [0.15, 0.2) is 0 Å². The fourth-order valence-corrected chi connectivity index (χ4v) is 5.77. The molecule has 200 valence electrons. The van der Waals surface area contributed by atoms with Crippen molar-refractivity contribution in [1.29, 1.82) is 0 Å². The van der Waals surface area contributed by atoms with Gasteiger partial charge in [0.2, 0.25) is 0 Å². The van der Waals surface area contributed by atoms with Crippen molar-refractivity contribution >= 4 is 11.7 Å². The highest BCUT2D eigenvalue weighted by molar-refractivity contribution is 5.72. The third kappa shape index (κ3) is 6.20. The Hall–Kier alpha value is -3.35. The molecule has 3 aromatic carbocycles. The Morgan fingerprint density at radius 1 is 1.05 bits per heavy atom. The summed E-state index contributed by atoms with van der Waals surface area (Å²) in [5.41, 5.74) is 12.8. The van der Waals surface area contributed by atoms with E-state index in [0.717, 1.165) is 67.8 Å². The third-order valence-corrected chi connectivity index (χ3v) is 8.03. The normalized spacial score (nSPS) is 17.8. The van der Waals surface area contributed by atoms with E-state index in [1.54, 1.807) is 0 Å². The maximum Gasteiger partial charge on any atom is 0.307 e. The number of nitrogens with two attached hydrogens (primary N) is 1. The molecule has 5 rings (SSSR count). The first-order valence-corrected chi connectivity index (χ1v) is 13.7. The van der Waals surface area contributed by atoms with E-state index >= 15 is 0 Å². The van der Waals surface area contributed by atoms with Crippen LogP contribution >= 0.6 is 0 Å². The molecule has 6 heteroatoms. The fourth-order valence-electron chi connectivity index (χ4n) is 5.77. The number of hydrogen-bond acceptors (Lipinski definition) is 5. The molecule has 2 saturated heterocycles. The third-order valence-electron chi connectivity index (χ3n) is 8.03. The Bertz CT molecular complexity index is 1260. The van der Waals surface area contributed by atoms with Crippen molar-refractivity contribution in [1.82, 2.24) is 0 Å². The van der Waals surface area contributed by atoms with Gasteiger partial charge in [-0.2, -0.15) is 0 Å². The van der Waals surface area contributed by atoms with Crippen LogP contribution in [0.1, 0.15) is 55.3 Å². The van der Waals surface area contributed by atoms with Crippen LogP contribution in [0.3, 0.4) is 0 Å². The highest BCUT2D eigenvalue weighted by atomic mass is 16.5. The average molecular weight is 515 g/mol. The van der Waals surface area contributed by atoms with Crippen molar-refractivity contribution < 1.29 is 19.4 Å². The molecule has 1 atom stereocenters. The highest BCUT2D eigenvalue weighted by Gasteiger charge is 2.36. The minimum absolute atomic E-state index is 0.0392. The summed E-state index contributed by atoms with van der Waals surface area (Å²) >= 11 is 0. The lowest BCUT2D eigenvalue weighted by atomic mass is 9.74. The first kappa shape index (κ1) is 26.3. The number of rotatable bonds is 8. The maximum atomic E-state index is 11.3. The largest absolute Gasteiger partial charge is 0.489 e. The number of anilines is 1. The molecule has 1 spiro atoms. The van der Waals surface area contributed by atoms with E-state index in [0.29, 0.717) is 23.3 Å². The van der Waals surface area contributed by atoms with Gasteiger partial charge in [0.05, 0.1) is 13.0 Å². The smallest absolute Gasteiger partial charge is 0.307 e. The number of carboxylic acids is 1. The van der Waals surface area contributed by atoms with Crippen LogP contribution in [-0.4, -0.2) is 37.4 Å². The number of carboxylic acid groups (broad SMARTS) is 1. The number of nitrogens with zero attached hydrogens (tertiary/aromatic N) is 1. The van der Waals surface area contributed by atoms with Crippen LogP contribution in [-0.2, 0) is 22.6 Å². The summed E-state index contributed by atoms with van der Waals surface area (Å²) in [4.78, 5) is 13.8. The van der Waals surface area contributed by atoms with Gasteiger partial charge in [0.25, 0.3) is 0 Å². The summed E-state index contributed by atoms with van der Waals surface area (Å²) < 4.78 is 12.0. The second kappa shape index (κ2) is 11.6. The average Bonchev–Trinajstić information content (AvgIpc) is 2.93. The van der Waals surface area contributed by atoms with E-state index in [2.05, 4.69) is 47.4 Å². The second-order valence-corrected chi connectivity index (χ2v) is 10.9. The molecule has 0 saturated carbocycles. The predicted octanol–water partition coefficient (Wildman–Crippen LogP) is 5.98. The van der Waals surface area contributed by atoms with Gasteiger partial charge in [0, 0.05) is 37.0 Å². The van der Waals surface area contributed by atoms with Gasteiger partial charge < -0.3 is 25.2 Å². The number of hydrogen-bond donors (Lipinski definition) is 2. The summed E-state index contributed by atoms with van der Waals surface area (Å²) in [7, 11) is 0. The zero-order valence-corrected chi connectivity index (χ0v) is 22.2. The van der Waals surface area contributed by atoms with Crippen LogP contribution in [0.5, 0.6) is 5.75 Å². The molecule has 2 fully saturated rings. The van der Waals surface area contributed by atoms with Gasteiger partial charge in [-0.3, -0.25) is 4.79 Å². The van der Waals surface area contributed by atoms with Gasteiger partial charge in [-0.25, -0.2) is 0 Å². The first-order chi connectivity index (χ1) is 18.4. The van der Waals surface area contributed by atoms with E-state index in [-0.39, 0.29) is 12.5 Å². The van der Waals surface area contributed by atoms with E-state index in [4.69, 9.17) is 15.2 Å². The van der Waals surface area contributed by atoms with Crippen LogP contribution in [0.15, 0.2) is 66.7 Å². The van der Waals surface area contributed by atoms with Crippen LogP contribution in [0.25, 0.3) is 11.1 Å². The molecule has 6 nitrogen and oxygen atoms in total. The van der Waals surface area contributed by atoms with Gasteiger partial charge in [-0.05, 0) is 90.6 Å². The Morgan fingerprint density at radius 3 is 2.61 bits per heavy atom. The number of para-hydroxylation sites is 1. The molecule has 2 aliphatic rings. The second-order valence-electron chi connectivity index (χ2n) is 10.9. The van der Waals surface area contributed by atoms with Crippen LogP contribution < -0.4 is 15.4 Å². The Balaban J connectivity index is 1.42. The number of piperidine rings is 1. The number of carbonyl (C=O) groups is 1. The maximum absolute atomic E-state index is 11.3. The molecular formula is C32H38N2O4. The van der Waals surface area contributed by atoms with E-state index in [1.807, 2.05) is 31.2 Å². The molecule has 0 aliphatic carbocycles. The van der Waals surface area contributed by atoms with Crippen molar-refractivity contribution in [2.75, 3.05) is 31.2 Å². The Kier molecular flexibility index (Phi) is 8.01. The van der Waals surface area contributed by atoms with Gasteiger partial charge in [-0.1, -0.05) is 36.4 Å². The number of ether oxygens (including phenoxy) is 2. The van der Waals surface area contributed by atoms with Crippen LogP contribution in [0.4, 0.5) is 5.69 Å². The first-order valence-electron chi connectivity index (χ1n) is 13.7. The van der Waals surface area contributed by atoms with Gasteiger partial charge in [0.1, 0.15) is 12.4 Å². The van der Waals surface area contributed by atoms with Crippen LogP contribution in [0.2, 0.25) is 0 Å². The van der Waals surface area contributed by atoms with Crippen LogP contribution in [0, 0.1) is 5.41 Å². The Morgan fingerprint density at radius 2 is 1.87 bits per heavy atom.